The summed E-state index contributed by atoms with van der Waals surface area (Å²) in [6.07, 6.45) is 1.75. The van der Waals surface area contributed by atoms with Gasteiger partial charge in [0.25, 0.3) is 0 Å². The highest BCUT2D eigenvalue weighted by atomic mass is 16.5. The monoisotopic (exact) mass is 386 g/mol. The van der Waals surface area contributed by atoms with Gasteiger partial charge in [0.1, 0.15) is 0 Å². The molecule has 1 unspecified atom stereocenters. The van der Waals surface area contributed by atoms with Crippen LogP contribution in [0.25, 0.3) is 0 Å². The maximum absolute atomic E-state index is 12.2. The molecule has 1 N–H and O–H groups in total. The van der Waals surface area contributed by atoms with Crippen LogP contribution in [0, 0.1) is 0 Å². The number of hydrogen-bond acceptors (Lipinski definition) is 6. The number of aryl methyl sites for hydroxylation is 1. The summed E-state index contributed by atoms with van der Waals surface area (Å²) in [4.78, 5) is 18.9. The van der Waals surface area contributed by atoms with Crippen LogP contribution in [0.15, 0.2) is 28.8 Å². The first-order valence-electron chi connectivity index (χ1n) is 10.1. The molecular formula is C21H30N4O3. The summed E-state index contributed by atoms with van der Waals surface area (Å²) in [7, 11) is 0. The van der Waals surface area contributed by atoms with Crippen molar-refractivity contribution in [2.24, 2.45) is 0 Å². The molecule has 3 rings (SSSR count). The van der Waals surface area contributed by atoms with E-state index in [0.29, 0.717) is 31.0 Å². The molecule has 1 amide bonds. The van der Waals surface area contributed by atoms with Gasteiger partial charge in [-0.15, -0.1) is 0 Å². The van der Waals surface area contributed by atoms with Crippen molar-refractivity contribution in [1.82, 2.24) is 15.5 Å². The first kappa shape index (κ1) is 20.3. The van der Waals surface area contributed by atoms with E-state index in [2.05, 4.69) is 44.6 Å². The Balaban J connectivity index is 1.43. The molecule has 1 aliphatic heterocycles. The number of benzene rings is 1. The van der Waals surface area contributed by atoms with Crippen molar-refractivity contribution < 1.29 is 14.1 Å². The molecule has 2 aromatic rings. The molecule has 7 heteroatoms. The Morgan fingerprint density at radius 2 is 1.89 bits per heavy atom. The van der Waals surface area contributed by atoms with Gasteiger partial charge in [-0.1, -0.05) is 31.1 Å². The van der Waals surface area contributed by atoms with Crippen molar-refractivity contribution in [2.45, 2.75) is 52.0 Å². The van der Waals surface area contributed by atoms with Crippen LogP contribution < -0.4 is 10.2 Å². The molecule has 152 valence electrons. The van der Waals surface area contributed by atoms with Crippen LogP contribution in [-0.2, 0) is 16.0 Å². The van der Waals surface area contributed by atoms with Crippen molar-refractivity contribution in [3.63, 3.8) is 0 Å². The summed E-state index contributed by atoms with van der Waals surface area (Å²) >= 11 is 0. The first-order valence-corrected chi connectivity index (χ1v) is 10.1. The molecule has 0 bridgehead atoms. The van der Waals surface area contributed by atoms with Crippen LogP contribution in [0.4, 0.5) is 5.69 Å². The normalized spacial score (nSPS) is 15.6. The zero-order valence-corrected chi connectivity index (χ0v) is 17.0. The number of rotatable bonds is 8. The van der Waals surface area contributed by atoms with E-state index in [9.17, 15) is 4.79 Å². The number of amides is 1. The second-order valence-corrected chi connectivity index (χ2v) is 7.53. The second kappa shape index (κ2) is 9.68. The molecule has 1 aromatic carbocycles. The Labute approximate surface area is 166 Å². The molecule has 2 heterocycles. The summed E-state index contributed by atoms with van der Waals surface area (Å²) < 4.78 is 10.6. The predicted molar refractivity (Wildman–Crippen MR) is 107 cm³/mol. The molecule has 28 heavy (non-hydrogen) atoms. The number of nitrogens with one attached hydrogen (secondary N) is 1. The number of nitrogens with zero attached hydrogens (tertiary/aromatic N) is 3. The van der Waals surface area contributed by atoms with Crippen LogP contribution in [0.5, 0.6) is 0 Å². The van der Waals surface area contributed by atoms with Gasteiger partial charge in [-0.25, -0.2) is 0 Å². The van der Waals surface area contributed by atoms with Gasteiger partial charge in [-0.3, -0.25) is 4.79 Å². The van der Waals surface area contributed by atoms with Crippen molar-refractivity contribution >= 4 is 11.6 Å². The van der Waals surface area contributed by atoms with E-state index in [4.69, 9.17) is 9.26 Å². The average molecular weight is 386 g/mol. The summed E-state index contributed by atoms with van der Waals surface area (Å²) in [5.74, 6) is 1.60. The minimum atomic E-state index is -0.0258. The average Bonchev–Trinajstić information content (AvgIpc) is 3.18. The van der Waals surface area contributed by atoms with Gasteiger partial charge in [0.15, 0.2) is 5.82 Å². The fraction of sp³-hybridized carbons (Fsp3) is 0.571. The first-order chi connectivity index (χ1) is 13.5. The smallest absolute Gasteiger partial charge is 0.226 e. The standard InChI is InChI=1S/C21H30N4O3/c1-15(2)21-23-20(28-24-21)6-4-5-19(26)22-16(3)17-7-9-18(10-8-17)25-11-13-27-14-12-25/h7-10,15-16H,4-6,11-14H2,1-3H3,(H,22,26). The van der Waals surface area contributed by atoms with Gasteiger partial charge < -0.3 is 19.5 Å². The summed E-state index contributed by atoms with van der Waals surface area (Å²) in [6, 6.07) is 8.38. The number of anilines is 1. The number of hydrogen-bond donors (Lipinski definition) is 1. The Morgan fingerprint density at radius 3 is 2.54 bits per heavy atom. The molecule has 0 aliphatic carbocycles. The molecule has 0 saturated carbocycles. The van der Waals surface area contributed by atoms with Crippen LogP contribution >= 0.6 is 0 Å². The molecule has 0 spiro atoms. The highest BCUT2D eigenvalue weighted by molar-refractivity contribution is 5.76. The SMILES string of the molecule is CC(C)c1noc(CCCC(=O)NC(C)c2ccc(N3CCOCC3)cc2)n1. The largest absolute Gasteiger partial charge is 0.378 e. The molecule has 7 nitrogen and oxygen atoms in total. The number of morpholine rings is 1. The van der Waals surface area contributed by atoms with Crippen LogP contribution in [0.3, 0.4) is 0 Å². The van der Waals surface area contributed by atoms with Crippen molar-refractivity contribution in [2.75, 3.05) is 31.2 Å². The van der Waals surface area contributed by atoms with Crippen molar-refractivity contribution in [3.05, 3.63) is 41.5 Å². The number of carbonyl (C=O) groups is 1. The zero-order chi connectivity index (χ0) is 19.9. The van der Waals surface area contributed by atoms with Crippen molar-refractivity contribution in [1.29, 1.82) is 0 Å². The van der Waals surface area contributed by atoms with E-state index in [0.717, 1.165) is 31.9 Å². The van der Waals surface area contributed by atoms with Crippen molar-refractivity contribution in [3.8, 4) is 0 Å². The van der Waals surface area contributed by atoms with E-state index in [1.807, 2.05) is 20.8 Å². The highest BCUT2D eigenvalue weighted by Gasteiger charge is 2.14. The molecule has 0 radical (unpaired) electrons. The number of aromatic nitrogens is 2. The maximum Gasteiger partial charge on any atom is 0.226 e. The molecule has 1 fully saturated rings. The fourth-order valence-corrected chi connectivity index (χ4v) is 3.20. The van der Waals surface area contributed by atoms with E-state index in [1.54, 1.807) is 0 Å². The van der Waals surface area contributed by atoms with Crippen LogP contribution in [0.2, 0.25) is 0 Å². The van der Waals surface area contributed by atoms with Crippen LogP contribution in [-0.4, -0.2) is 42.4 Å². The fourth-order valence-electron chi connectivity index (χ4n) is 3.20. The summed E-state index contributed by atoms with van der Waals surface area (Å²) in [5.41, 5.74) is 2.30. The van der Waals surface area contributed by atoms with Gasteiger partial charge in [-0.2, -0.15) is 4.98 Å². The Kier molecular flexibility index (Phi) is 7.03. The lowest BCUT2D eigenvalue weighted by molar-refractivity contribution is -0.121. The lowest BCUT2D eigenvalue weighted by Gasteiger charge is -2.29. The minimum Gasteiger partial charge on any atom is -0.378 e. The van der Waals surface area contributed by atoms with E-state index in [1.165, 1.54) is 5.69 Å². The summed E-state index contributed by atoms with van der Waals surface area (Å²) in [5, 5.41) is 7.01. The number of carbonyl (C=O) groups excluding carboxylic acids is 1. The molecule has 1 aromatic heterocycles. The highest BCUT2D eigenvalue weighted by Crippen LogP contribution is 2.20. The van der Waals surface area contributed by atoms with E-state index in [-0.39, 0.29) is 17.9 Å². The minimum absolute atomic E-state index is 0.0258. The lowest BCUT2D eigenvalue weighted by Crippen LogP contribution is -2.36. The third kappa shape index (κ3) is 5.55. The second-order valence-electron chi connectivity index (χ2n) is 7.53. The van der Waals surface area contributed by atoms with Gasteiger partial charge in [0.05, 0.1) is 19.3 Å². The Morgan fingerprint density at radius 1 is 1.18 bits per heavy atom. The third-order valence-corrected chi connectivity index (χ3v) is 4.94. The Bertz CT molecular complexity index is 751. The molecule has 1 saturated heterocycles. The number of ether oxygens (including phenoxy) is 1. The Hall–Kier alpha value is -2.41. The van der Waals surface area contributed by atoms with Gasteiger partial charge >= 0.3 is 0 Å². The van der Waals surface area contributed by atoms with Gasteiger partial charge in [-0.05, 0) is 31.0 Å². The quantitative estimate of drug-likeness (QED) is 0.750. The lowest BCUT2D eigenvalue weighted by atomic mass is 10.1. The van der Waals surface area contributed by atoms with E-state index < -0.39 is 0 Å². The summed E-state index contributed by atoms with van der Waals surface area (Å²) in [6.45, 7) is 9.45. The topological polar surface area (TPSA) is 80.5 Å². The van der Waals surface area contributed by atoms with Gasteiger partial charge in [0, 0.05) is 37.5 Å². The molecular weight excluding hydrogens is 356 g/mol. The third-order valence-electron chi connectivity index (χ3n) is 4.94. The predicted octanol–water partition coefficient (Wildman–Crippen LogP) is 3.23. The maximum atomic E-state index is 12.2. The van der Waals surface area contributed by atoms with Gasteiger partial charge in [0.2, 0.25) is 11.8 Å². The zero-order valence-electron chi connectivity index (χ0n) is 17.0. The molecule has 1 aliphatic rings. The van der Waals surface area contributed by atoms with Crippen LogP contribution in [0.1, 0.15) is 62.9 Å². The molecule has 1 atom stereocenters. The van der Waals surface area contributed by atoms with E-state index >= 15 is 0 Å².